The van der Waals surface area contributed by atoms with E-state index in [1.807, 2.05) is 19.1 Å². The number of rotatable bonds is 5. The average molecular weight is 417 g/mol. The van der Waals surface area contributed by atoms with Gasteiger partial charge >= 0.3 is 0 Å². The summed E-state index contributed by atoms with van der Waals surface area (Å²) < 4.78 is 27.3. The fraction of sp³-hybridized carbons (Fsp3) is 0.409. The summed E-state index contributed by atoms with van der Waals surface area (Å²) in [5.74, 6) is 0.0587. The normalized spacial score (nSPS) is 16.6. The summed E-state index contributed by atoms with van der Waals surface area (Å²) in [4.78, 5) is 14.5. The minimum absolute atomic E-state index is 0.0496. The third kappa shape index (κ3) is 4.46. The summed E-state index contributed by atoms with van der Waals surface area (Å²) in [6.07, 6.45) is 0.999. The monoisotopic (exact) mass is 416 g/mol. The van der Waals surface area contributed by atoms with Crippen LogP contribution in [0.5, 0.6) is 5.75 Å². The highest BCUT2D eigenvalue weighted by Gasteiger charge is 2.31. The van der Waals surface area contributed by atoms with Gasteiger partial charge in [0.05, 0.1) is 10.5 Å². The molecule has 1 unspecified atom stereocenters. The van der Waals surface area contributed by atoms with E-state index in [-0.39, 0.29) is 48.3 Å². The molecule has 1 amide bonds. The molecular formula is C22H28N2O4S. The van der Waals surface area contributed by atoms with Gasteiger partial charge < -0.3 is 10.0 Å². The number of nitrogens with zero attached hydrogens (tertiary/aromatic N) is 2. The summed E-state index contributed by atoms with van der Waals surface area (Å²) in [7, 11) is -3.59. The molecule has 1 saturated heterocycles. The van der Waals surface area contributed by atoms with Crippen molar-refractivity contribution in [3.05, 3.63) is 59.2 Å². The highest BCUT2D eigenvalue weighted by molar-refractivity contribution is 7.89. The topological polar surface area (TPSA) is 77.9 Å². The predicted octanol–water partition coefficient (Wildman–Crippen LogP) is 3.36. The molecule has 1 aliphatic heterocycles. The van der Waals surface area contributed by atoms with Gasteiger partial charge in [-0.15, -0.1) is 0 Å². The highest BCUT2D eigenvalue weighted by Crippen LogP contribution is 2.24. The van der Waals surface area contributed by atoms with E-state index >= 15 is 0 Å². The molecule has 1 fully saturated rings. The molecule has 0 aromatic heterocycles. The van der Waals surface area contributed by atoms with Gasteiger partial charge in [-0.2, -0.15) is 4.31 Å². The summed E-state index contributed by atoms with van der Waals surface area (Å²) in [6.45, 7) is 7.10. The van der Waals surface area contributed by atoms with Crippen molar-refractivity contribution in [3.8, 4) is 5.75 Å². The summed E-state index contributed by atoms with van der Waals surface area (Å²) in [6, 6.07) is 12.0. The number of aryl methyl sites for hydroxylation is 1. The first-order valence-corrected chi connectivity index (χ1v) is 11.4. The minimum atomic E-state index is -3.59. The molecule has 1 aliphatic rings. The molecule has 156 valence electrons. The van der Waals surface area contributed by atoms with Gasteiger partial charge in [-0.05, 0) is 54.7 Å². The van der Waals surface area contributed by atoms with Crippen molar-refractivity contribution in [3.63, 3.8) is 0 Å². The van der Waals surface area contributed by atoms with E-state index in [9.17, 15) is 18.3 Å². The number of hydrogen-bond donors (Lipinski definition) is 1. The van der Waals surface area contributed by atoms with Gasteiger partial charge in [-0.1, -0.05) is 32.0 Å². The van der Waals surface area contributed by atoms with Crippen molar-refractivity contribution >= 4 is 15.9 Å². The molecular weight excluding hydrogens is 388 g/mol. The van der Waals surface area contributed by atoms with Crippen molar-refractivity contribution in [2.24, 2.45) is 0 Å². The molecule has 0 spiro atoms. The number of piperazine rings is 1. The fourth-order valence-corrected chi connectivity index (χ4v) is 4.90. The van der Waals surface area contributed by atoms with Crippen LogP contribution in [0.4, 0.5) is 0 Å². The van der Waals surface area contributed by atoms with E-state index in [1.54, 1.807) is 35.2 Å². The van der Waals surface area contributed by atoms with E-state index in [1.165, 1.54) is 4.31 Å². The van der Waals surface area contributed by atoms with Crippen LogP contribution in [0.1, 0.15) is 47.7 Å². The zero-order valence-corrected chi connectivity index (χ0v) is 17.9. The van der Waals surface area contributed by atoms with Gasteiger partial charge in [0.15, 0.2) is 0 Å². The summed E-state index contributed by atoms with van der Waals surface area (Å²) >= 11 is 0. The Kier molecular flexibility index (Phi) is 6.29. The van der Waals surface area contributed by atoms with Gasteiger partial charge in [0.25, 0.3) is 5.91 Å². The summed E-state index contributed by atoms with van der Waals surface area (Å²) in [5, 5.41) is 10.0. The van der Waals surface area contributed by atoms with E-state index in [2.05, 4.69) is 13.8 Å². The maximum absolute atomic E-state index is 13.0. The number of aromatic hydroxyl groups is 1. The van der Waals surface area contributed by atoms with Gasteiger partial charge in [-0.3, -0.25) is 4.79 Å². The number of amides is 1. The Bertz CT molecular complexity index is 978. The Morgan fingerprint density at radius 2 is 1.69 bits per heavy atom. The lowest BCUT2D eigenvalue weighted by Crippen LogP contribution is -2.50. The van der Waals surface area contributed by atoms with Crippen LogP contribution >= 0.6 is 0 Å². The number of phenols is 1. The number of benzene rings is 2. The van der Waals surface area contributed by atoms with Crippen LogP contribution in [-0.2, 0) is 10.0 Å². The second kappa shape index (κ2) is 8.55. The fourth-order valence-electron chi connectivity index (χ4n) is 3.48. The Labute approximate surface area is 172 Å². The molecule has 2 aromatic carbocycles. The molecule has 3 rings (SSSR count). The molecule has 2 aromatic rings. The van der Waals surface area contributed by atoms with Crippen LogP contribution in [0.25, 0.3) is 0 Å². The molecule has 1 heterocycles. The zero-order valence-electron chi connectivity index (χ0n) is 17.1. The molecule has 6 nitrogen and oxygen atoms in total. The maximum Gasteiger partial charge on any atom is 0.257 e. The first-order chi connectivity index (χ1) is 13.7. The molecule has 0 radical (unpaired) electrons. The Hall–Kier alpha value is -2.38. The van der Waals surface area contributed by atoms with E-state index in [0.717, 1.165) is 17.5 Å². The van der Waals surface area contributed by atoms with Crippen molar-refractivity contribution < 1.29 is 18.3 Å². The maximum atomic E-state index is 13.0. The molecule has 0 bridgehead atoms. The molecule has 1 N–H and O–H groups in total. The van der Waals surface area contributed by atoms with Crippen molar-refractivity contribution in [1.29, 1.82) is 0 Å². The zero-order chi connectivity index (χ0) is 21.2. The van der Waals surface area contributed by atoms with Crippen LogP contribution in [0.3, 0.4) is 0 Å². The lowest BCUT2D eigenvalue weighted by molar-refractivity contribution is 0.0695. The van der Waals surface area contributed by atoms with E-state index < -0.39 is 10.0 Å². The van der Waals surface area contributed by atoms with Crippen LogP contribution in [0.2, 0.25) is 0 Å². The van der Waals surface area contributed by atoms with E-state index in [4.69, 9.17) is 0 Å². The summed E-state index contributed by atoms with van der Waals surface area (Å²) in [5.41, 5.74) is 2.24. The largest absolute Gasteiger partial charge is 0.507 e. The molecule has 1 atom stereocenters. The van der Waals surface area contributed by atoms with E-state index in [0.29, 0.717) is 5.92 Å². The first kappa shape index (κ1) is 21.3. The predicted molar refractivity (Wildman–Crippen MR) is 113 cm³/mol. The Morgan fingerprint density at radius 1 is 1.07 bits per heavy atom. The second-order valence-corrected chi connectivity index (χ2v) is 9.53. The van der Waals surface area contributed by atoms with Crippen molar-refractivity contribution in [1.82, 2.24) is 9.21 Å². The molecule has 0 aliphatic carbocycles. The standard InChI is InChI=1S/C22H28N2O4S/c1-4-17(3)18-6-8-19(9-7-18)29(27,28)24-13-11-23(12-14-24)22(26)20-10-5-16(2)15-21(20)25/h5-10,15,17,25H,4,11-14H2,1-3H3. The van der Waals surface area contributed by atoms with Gasteiger partial charge in [0.1, 0.15) is 5.75 Å². The third-order valence-corrected chi connectivity index (χ3v) is 7.52. The number of phenolic OH excluding ortho intramolecular Hbond substituents is 1. The minimum Gasteiger partial charge on any atom is -0.507 e. The number of carbonyl (C=O) groups is 1. The van der Waals surface area contributed by atoms with Crippen LogP contribution in [-0.4, -0.2) is 54.8 Å². The van der Waals surface area contributed by atoms with Gasteiger partial charge in [0.2, 0.25) is 10.0 Å². The first-order valence-electron chi connectivity index (χ1n) is 9.93. The average Bonchev–Trinajstić information content (AvgIpc) is 2.73. The third-order valence-electron chi connectivity index (χ3n) is 5.61. The van der Waals surface area contributed by atoms with Crippen LogP contribution in [0.15, 0.2) is 47.4 Å². The highest BCUT2D eigenvalue weighted by atomic mass is 32.2. The SMILES string of the molecule is CCC(C)c1ccc(S(=O)(=O)N2CCN(C(=O)c3ccc(C)cc3O)CC2)cc1. The molecule has 0 saturated carbocycles. The van der Waals surface area contributed by atoms with Crippen LogP contribution in [0, 0.1) is 6.92 Å². The number of sulfonamides is 1. The smallest absolute Gasteiger partial charge is 0.257 e. The quantitative estimate of drug-likeness (QED) is 0.811. The Morgan fingerprint density at radius 3 is 2.24 bits per heavy atom. The van der Waals surface area contributed by atoms with Gasteiger partial charge in [0, 0.05) is 26.2 Å². The molecule has 29 heavy (non-hydrogen) atoms. The lowest BCUT2D eigenvalue weighted by atomic mass is 9.99. The number of hydrogen-bond acceptors (Lipinski definition) is 4. The Balaban J connectivity index is 1.68. The van der Waals surface area contributed by atoms with Crippen molar-refractivity contribution in [2.45, 2.75) is 38.0 Å². The van der Waals surface area contributed by atoms with Crippen molar-refractivity contribution in [2.75, 3.05) is 26.2 Å². The second-order valence-electron chi connectivity index (χ2n) is 7.60. The lowest BCUT2D eigenvalue weighted by Gasteiger charge is -2.34. The number of carbonyl (C=O) groups excluding carboxylic acids is 1. The molecule has 7 heteroatoms. The van der Waals surface area contributed by atoms with Gasteiger partial charge in [-0.25, -0.2) is 8.42 Å². The van der Waals surface area contributed by atoms with Crippen LogP contribution < -0.4 is 0 Å².